The largest absolute Gasteiger partial charge is 0.493 e. The van der Waals surface area contributed by atoms with Crippen molar-refractivity contribution in [2.24, 2.45) is 0 Å². The van der Waals surface area contributed by atoms with E-state index in [0.29, 0.717) is 18.8 Å². The van der Waals surface area contributed by atoms with Crippen LogP contribution in [0, 0.1) is 0 Å². The number of aromatic nitrogens is 1. The number of rotatable bonds is 7. The average Bonchev–Trinajstić information content (AvgIpc) is 2.67. The predicted octanol–water partition coefficient (Wildman–Crippen LogP) is 3.28. The highest BCUT2D eigenvalue weighted by atomic mass is 32.2. The van der Waals surface area contributed by atoms with Gasteiger partial charge >= 0.3 is 0 Å². The Morgan fingerprint density at radius 1 is 1.29 bits per heavy atom. The number of benzene rings is 1. The lowest BCUT2D eigenvalue weighted by Gasteiger charge is -2.37. The standard InChI is InChI=1S/C21H26N2O4S/c1-4-13-27-21-17(19-9-6-16(14-22-19)28(3,25)26)8-10-20-18(21)7-5-15(2)23(20)11-12-24/h6,8-10,12,14-15H,4-5,7,11,13H2,1-3H3. The first-order valence-electron chi connectivity index (χ1n) is 9.52. The summed E-state index contributed by atoms with van der Waals surface area (Å²) < 4.78 is 29.5. The van der Waals surface area contributed by atoms with Gasteiger partial charge in [0.2, 0.25) is 0 Å². The van der Waals surface area contributed by atoms with Gasteiger partial charge in [-0.1, -0.05) is 6.92 Å². The fourth-order valence-electron chi connectivity index (χ4n) is 3.56. The van der Waals surface area contributed by atoms with Crippen molar-refractivity contribution in [2.45, 2.75) is 44.0 Å². The number of fused-ring (bicyclic) bond motifs is 1. The summed E-state index contributed by atoms with van der Waals surface area (Å²) in [5.41, 5.74) is 3.61. The highest BCUT2D eigenvalue weighted by Gasteiger charge is 2.27. The first-order valence-corrected chi connectivity index (χ1v) is 11.4. The van der Waals surface area contributed by atoms with E-state index in [2.05, 4.69) is 23.7 Å². The van der Waals surface area contributed by atoms with Crippen LogP contribution in [-0.2, 0) is 21.1 Å². The third kappa shape index (κ3) is 4.04. The van der Waals surface area contributed by atoms with Gasteiger partial charge in [-0.15, -0.1) is 0 Å². The molecule has 0 fully saturated rings. The maximum absolute atomic E-state index is 11.7. The number of ether oxygens (including phenoxy) is 1. The Bertz CT molecular complexity index is 955. The number of aldehydes is 1. The molecule has 1 unspecified atom stereocenters. The van der Waals surface area contributed by atoms with Crippen molar-refractivity contribution in [3.63, 3.8) is 0 Å². The van der Waals surface area contributed by atoms with Gasteiger partial charge in [0.05, 0.1) is 23.7 Å². The van der Waals surface area contributed by atoms with Crippen LogP contribution in [0.25, 0.3) is 11.3 Å². The van der Waals surface area contributed by atoms with Crippen LogP contribution >= 0.6 is 0 Å². The number of hydrogen-bond donors (Lipinski definition) is 0. The van der Waals surface area contributed by atoms with E-state index in [4.69, 9.17) is 4.74 Å². The molecule has 6 nitrogen and oxygen atoms in total. The number of nitrogens with zero attached hydrogens (tertiary/aromatic N) is 2. The molecule has 0 bridgehead atoms. The molecule has 1 aromatic carbocycles. The Hall–Kier alpha value is -2.41. The number of anilines is 1. The van der Waals surface area contributed by atoms with E-state index in [1.54, 1.807) is 12.1 Å². The van der Waals surface area contributed by atoms with Crippen LogP contribution in [0.5, 0.6) is 5.75 Å². The Kier molecular flexibility index (Phi) is 6.03. The molecule has 0 saturated heterocycles. The Morgan fingerprint density at radius 3 is 2.68 bits per heavy atom. The van der Waals surface area contributed by atoms with E-state index in [9.17, 15) is 13.2 Å². The molecule has 0 N–H and O–H groups in total. The molecule has 0 saturated carbocycles. The first kappa shape index (κ1) is 20.3. The van der Waals surface area contributed by atoms with Crippen LogP contribution in [-0.4, -0.2) is 45.1 Å². The molecule has 1 aromatic heterocycles. The molecule has 1 atom stereocenters. The number of hydrogen-bond acceptors (Lipinski definition) is 6. The quantitative estimate of drug-likeness (QED) is 0.662. The smallest absolute Gasteiger partial charge is 0.177 e. The molecule has 1 aliphatic rings. The molecule has 150 valence electrons. The van der Waals surface area contributed by atoms with Gasteiger partial charge in [0.25, 0.3) is 0 Å². The molecule has 0 aliphatic carbocycles. The molecule has 2 aromatic rings. The summed E-state index contributed by atoms with van der Waals surface area (Å²) >= 11 is 0. The molecule has 0 spiro atoms. The average molecular weight is 403 g/mol. The Labute approximate surface area is 166 Å². The van der Waals surface area contributed by atoms with Crippen LogP contribution < -0.4 is 9.64 Å². The lowest BCUT2D eigenvalue weighted by molar-refractivity contribution is -0.106. The van der Waals surface area contributed by atoms with Crippen LogP contribution in [0.1, 0.15) is 32.3 Å². The molecular formula is C21H26N2O4S. The summed E-state index contributed by atoms with van der Waals surface area (Å²) in [4.78, 5) is 17.8. The second kappa shape index (κ2) is 8.31. The lowest BCUT2D eigenvalue weighted by Crippen LogP contribution is -2.38. The van der Waals surface area contributed by atoms with Crippen LogP contribution in [0.15, 0.2) is 35.4 Å². The predicted molar refractivity (Wildman–Crippen MR) is 110 cm³/mol. The molecule has 0 radical (unpaired) electrons. The molecule has 3 rings (SSSR count). The van der Waals surface area contributed by atoms with Crippen LogP contribution in [0.2, 0.25) is 0 Å². The summed E-state index contributed by atoms with van der Waals surface area (Å²) in [7, 11) is -3.29. The van der Waals surface area contributed by atoms with Crippen molar-refractivity contribution in [3.8, 4) is 17.0 Å². The third-order valence-electron chi connectivity index (χ3n) is 5.05. The van der Waals surface area contributed by atoms with E-state index in [1.165, 1.54) is 12.5 Å². The van der Waals surface area contributed by atoms with Gasteiger partial charge in [0.15, 0.2) is 9.84 Å². The summed E-state index contributed by atoms with van der Waals surface area (Å²) in [6, 6.07) is 7.53. The van der Waals surface area contributed by atoms with E-state index in [0.717, 1.165) is 48.1 Å². The topological polar surface area (TPSA) is 76.6 Å². The minimum absolute atomic E-state index is 0.191. The van der Waals surface area contributed by atoms with Crippen LogP contribution in [0.3, 0.4) is 0 Å². The minimum atomic E-state index is -3.29. The first-order chi connectivity index (χ1) is 13.4. The number of carbonyl (C=O) groups excluding carboxylic acids is 1. The Balaban J connectivity index is 2.10. The van der Waals surface area contributed by atoms with Gasteiger partial charge in [-0.25, -0.2) is 8.42 Å². The summed E-state index contributed by atoms with van der Waals surface area (Å²) in [5.74, 6) is 0.779. The van der Waals surface area contributed by atoms with Gasteiger partial charge in [0.1, 0.15) is 12.0 Å². The van der Waals surface area contributed by atoms with Gasteiger partial charge in [0, 0.05) is 35.3 Å². The highest BCUT2D eigenvalue weighted by Crippen LogP contribution is 2.42. The maximum Gasteiger partial charge on any atom is 0.177 e. The fourth-order valence-corrected chi connectivity index (χ4v) is 4.12. The zero-order valence-corrected chi connectivity index (χ0v) is 17.3. The van der Waals surface area contributed by atoms with E-state index < -0.39 is 9.84 Å². The van der Waals surface area contributed by atoms with Crippen molar-refractivity contribution in [1.82, 2.24) is 4.98 Å². The van der Waals surface area contributed by atoms with Gasteiger partial charge in [-0.05, 0) is 50.5 Å². The van der Waals surface area contributed by atoms with Crippen molar-refractivity contribution in [3.05, 3.63) is 36.0 Å². The lowest BCUT2D eigenvalue weighted by atomic mass is 9.92. The monoisotopic (exact) mass is 402 g/mol. The zero-order valence-electron chi connectivity index (χ0n) is 16.5. The fraction of sp³-hybridized carbons (Fsp3) is 0.429. The van der Waals surface area contributed by atoms with Gasteiger partial charge in [-0.2, -0.15) is 0 Å². The number of carbonyl (C=O) groups is 1. The molecule has 1 aliphatic heterocycles. The van der Waals surface area contributed by atoms with E-state index in [-0.39, 0.29) is 10.9 Å². The van der Waals surface area contributed by atoms with Crippen molar-refractivity contribution < 1.29 is 17.9 Å². The van der Waals surface area contributed by atoms with Crippen molar-refractivity contribution >= 4 is 21.8 Å². The maximum atomic E-state index is 11.7. The van der Waals surface area contributed by atoms with Gasteiger partial charge < -0.3 is 14.4 Å². The molecule has 7 heteroatoms. The molecule has 0 amide bonds. The Morgan fingerprint density at radius 2 is 2.07 bits per heavy atom. The summed E-state index contributed by atoms with van der Waals surface area (Å²) in [6.07, 6.45) is 6.15. The normalized spacial score (nSPS) is 16.5. The van der Waals surface area contributed by atoms with Gasteiger partial charge in [-0.3, -0.25) is 4.98 Å². The highest BCUT2D eigenvalue weighted by molar-refractivity contribution is 7.90. The number of sulfone groups is 1. The summed E-state index contributed by atoms with van der Waals surface area (Å²) in [5, 5.41) is 0. The van der Waals surface area contributed by atoms with E-state index >= 15 is 0 Å². The molecular weight excluding hydrogens is 376 g/mol. The van der Waals surface area contributed by atoms with E-state index in [1.807, 2.05) is 12.1 Å². The molecule has 28 heavy (non-hydrogen) atoms. The molecule has 2 heterocycles. The van der Waals surface area contributed by atoms with Crippen molar-refractivity contribution in [2.75, 3.05) is 24.3 Å². The SMILES string of the molecule is CCCOc1c(-c2ccc(S(C)(=O)=O)cn2)ccc2c1CCC(C)N2CC=O. The third-order valence-corrected chi connectivity index (χ3v) is 6.15. The number of pyridine rings is 1. The van der Waals surface area contributed by atoms with Crippen LogP contribution in [0.4, 0.5) is 5.69 Å². The summed E-state index contributed by atoms with van der Waals surface area (Å²) in [6.45, 7) is 5.10. The second-order valence-electron chi connectivity index (χ2n) is 7.15. The zero-order chi connectivity index (χ0) is 20.3. The minimum Gasteiger partial charge on any atom is -0.493 e. The second-order valence-corrected chi connectivity index (χ2v) is 9.16. The van der Waals surface area contributed by atoms with Crippen molar-refractivity contribution in [1.29, 1.82) is 0 Å².